The summed E-state index contributed by atoms with van der Waals surface area (Å²) in [5, 5.41) is 6.26. The standard InChI is InChI=1S/C13H15FN2S/c1-2-12-9-17-13(16-12)15-7-6-10-4-3-5-11(14)8-10/h3-5,8-9H,2,6-7H2,1H3,(H,15,16). The smallest absolute Gasteiger partial charge is 0.182 e. The van der Waals surface area contributed by atoms with Crippen LogP contribution in [0.3, 0.4) is 0 Å². The molecule has 0 amide bonds. The van der Waals surface area contributed by atoms with E-state index in [0.29, 0.717) is 0 Å². The van der Waals surface area contributed by atoms with Crippen molar-refractivity contribution in [3.63, 3.8) is 0 Å². The van der Waals surface area contributed by atoms with Gasteiger partial charge in [0.15, 0.2) is 5.13 Å². The molecule has 2 nitrogen and oxygen atoms in total. The third-order valence-electron chi connectivity index (χ3n) is 2.49. The zero-order valence-corrected chi connectivity index (χ0v) is 10.6. The number of benzene rings is 1. The first-order valence-corrected chi connectivity index (χ1v) is 6.58. The minimum atomic E-state index is -0.176. The summed E-state index contributed by atoms with van der Waals surface area (Å²) < 4.78 is 12.9. The van der Waals surface area contributed by atoms with Crippen LogP contribution in [0.25, 0.3) is 0 Å². The summed E-state index contributed by atoms with van der Waals surface area (Å²) in [7, 11) is 0. The second-order valence-electron chi connectivity index (χ2n) is 3.80. The lowest BCUT2D eigenvalue weighted by Crippen LogP contribution is -2.04. The van der Waals surface area contributed by atoms with Crippen molar-refractivity contribution in [2.24, 2.45) is 0 Å². The molecule has 2 aromatic rings. The van der Waals surface area contributed by atoms with Gasteiger partial charge in [0.05, 0.1) is 5.69 Å². The number of hydrogen-bond donors (Lipinski definition) is 1. The molecule has 1 heterocycles. The monoisotopic (exact) mass is 250 g/mol. The van der Waals surface area contributed by atoms with Gasteiger partial charge in [-0.2, -0.15) is 0 Å². The minimum absolute atomic E-state index is 0.176. The van der Waals surface area contributed by atoms with Crippen LogP contribution >= 0.6 is 11.3 Å². The number of anilines is 1. The summed E-state index contributed by atoms with van der Waals surface area (Å²) in [5.41, 5.74) is 2.12. The van der Waals surface area contributed by atoms with E-state index in [1.807, 2.05) is 6.07 Å². The molecule has 0 saturated carbocycles. The molecule has 0 radical (unpaired) electrons. The Morgan fingerprint density at radius 2 is 2.29 bits per heavy atom. The number of thiazole rings is 1. The molecule has 1 N–H and O–H groups in total. The first-order chi connectivity index (χ1) is 8.28. The zero-order valence-electron chi connectivity index (χ0n) is 9.74. The van der Waals surface area contributed by atoms with Crippen LogP contribution in [0.4, 0.5) is 9.52 Å². The van der Waals surface area contributed by atoms with Gasteiger partial charge in [-0.1, -0.05) is 19.1 Å². The molecule has 2 rings (SSSR count). The van der Waals surface area contributed by atoms with Gasteiger partial charge in [-0.05, 0) is 30.5 Å². The van der Waals surface area contributed by atoms with Gasteiger partial charge < -0.3 is 5.32 Å². The van der Waals surface area contributed by atoms with Crippen LogP contribution in [0.15, 0.2) is 29.6 Å². The van der Waals surface area contributed by atoms with E-state index < -0.39 is 0 Å². The van der Waals surface area contributed by atoms with Crippen LogP contribution in [0, 0.1) is 5.82 Å². The predicted molar refractivity (Wildman–Crippen MR) is 70.1 cm³/mol. The Labute approximate surface area is 105 Å². The van der Waals surface area contributed by atoms with Crippen LogP contribution in [0.1, 0.15) is 18.2 Å². The third kappa shape index (κ3) is 3.53. The van der Waals surface area contributed by atoms with Crippen molar-refractivity contribution in [1.82, 2.24) is 4.98 Å². The maximum Gasteiger partial charge on any atom is 0.182 e. The molecule has 0 aliphatic rings. The largest absolute Gasteiger partial charge is 0.361 e. The Morgan fingerprint density at radius 1 is 1.41 bits per heavy atom. The maximum absolute atomic E-state index is 12.9. The molecule has 90 valence electrons. The summed E-state index contributed by atoms with van der Waals surface area (Å²) in [6, 6.07) is 6.71. The molecule has 4 heteroatoms. The lowest BCUT2D eigenvalue weighted by atomic mass is 10.1. The summed E-state index contributed by atoms with van der Waals surface area (Å²) in [6.45, 7) is 2.87. The first kappa shape index (κ1) is 12.0. The summed E-state index contributed by atoms with van der Waals surface area (Å²) in [4.78, 5) is 4.41. The van der Waals surface area contributed by atoms with E-state index in [1.165, 1.54) is 6.07 Å². The van der Waals surface area contributed by atoms with Gasteiger partial charge in [0.2, 0.25) is 0 Å². The molecule has 1 aromatic carbocycles. The van der Waals surface area contributed by atoms with Crippen molar-refractivity contribution >= 4 is 16.5 Å². The number of nitrogens with zero attached hydrogens (tertiary/aromatic N) is 1. The second-order valence-corrected chi connectivity index (χ2v) is 4.66. The fraction of sp³-hybridized carbons (Fsp3) is 0.308. The Kier molecular flexibility index (Phi) is 4.09. The normalized spacial score (nSPS) is 10.5. The predicted octanol–water partition coefficient (Wildman–Crippen LogP) is 3.50. The summed E-state index contributed by atoms with van der Waals surface area (Å²) in [6.07, 6.45) is 1.76. The molecule has 0 atom stereocenters. The zero-order chi connectivity index (χ0) is 12.1. The maximum atomic E-state index is 12.9. The molecule has 0 aliphatic carbocycles. The fourth-order valence-corrected chi connectivity index (χ4v) is 2.38. The van der Waals surface area contributed by atoms with Crippen LogP contribution in [-0.2, 0) is 12.8 Å². The Balaban J connectivity index is 1.83. The highest BCUT2D eigenvalue weighted by molar-refractivity contribution is 7.13. The number of aryl methyl sites for hydroxylation is 1. The van der Waals surface area contributed by atoms with Crippen molar-refractivity contribution in [2.45, 2.75) is 19.8 Å². The third-order valence-corrected chi connectivity index (χ3v) is 3.34. The highest BCUT2D eigenvalue weighted by Gasteiger charge is 2.00. The summed E-state index contributed by atoms with van der Waals surface area (Å²) in [5.74, 6) is -0.176. The van der Waals surface area contributed by atoms with E-state index in [4.69, 9.17) is 0 Å². The second kappa shape index (κ2) is 5.77. The van der Waals surface area contributed by atoms with E-state index in [9.17, 15) is 4.39 Å². The van der Waals surface area contributed by atoms with E-state index >= 15 is 0 Å². The highest BCUT2D eigenvalue weighted by Crippen LogP contribution is 2.15. The molecule has 0 unspecified atom stereocenters. The quantitative estimate of drug-likeness (QED) is 0.878. The average Bonchev–Trinajstić information content (AvgIpc) is 2.77. The van der Waals surface area contributed by atoms with Crippen LogP contribution < -0.4 is 5.32 Å². The molecule has 1 aromatic heterocycles. The van der Waals surface area contributed by atoms with E-state index in [1.54, 1.807) is 23.5 Å². The lowest BCUT2D eigenvalue weighted by molar-refractivity contribution is 0.625. The molecule has 0 saturated heterocycles. The number of halogens is 1. The fourth-order valence-electron chi connectivity index (χ4n) is 1.56. The van der Waals surface area contributed by atoms with Gasteiger partial charge in [0.25, 0.3) is 0 Å². The summed E-state index contributed by atoms with van der Waals surface area (Å²) >= 11 is 1.62. The Morgan fingerprint density at radius 3 is 3.00 bits per heavy atom. The topological polar surface area (TPSA) is 24.9 Å². The number of nitrogens with one attached hydrogen (secondary N) is 1. The minimum Gasteiger partial charge on any atom is -0.361 e. The molecular formula is C13H15FN2S. The molecule has 0 spiro atoms. The van der Waals surface area contributed by atoms with E-state index in [0.717, 1.165) is 35.8 Å². The lowest BCUT2D eigenvalue weighted by Gasteiger charge is -2.03. The average molecular weight is 250 g/mol. The molecule has 0 aliphatic heterocycles. The van der Waals surface area contributed by atoms with Crippen molar-refractivity contribution < 1.29 is 4.39 Å². The van der Waals surface area contributed by atoms with Crippen molar-refractivity contribution in [3.05, 3.63) is 46.7 Å². The van der Waals surface area contributed by atoms with Gasteiger partial charge in [-0.3, -0.25) is 0 Å². The highest BCUT2D eigenvalue weighted by atomic mass is 32.1. The molecule has 17 heavy (non-hydrogen) atoms. The molecular weight excluding hydrogens is 235 g/mol. The molecule has 0 fully saturated rings. The van der Waals surface area contributed by atoms with Gasteiger partial charge in [-0.25, -0.2) is 9.37 Å². The number of hydrogen-bond acceptors (Lipinski definition) is 3. The van der Waals surface area contributed by atoms with Crippen molar-refractivity contribution in [3.8, 4) is 0 Å². The van der Waals surface area contributed by atoms with Gasteiger partial charge >= 0.3 is 0 Å². The SMILES string of the molecule is CCc1csc(NCCc2cccc(F)c2)n1. The van der Waals surface area contributed by atoms with Crippen molar-refractivity contribution in [1.29, 1.82) is 0 Å². The van der Waals surface area contributed by atoms with E-state index in [2.05, 4.69) is 22.6 Å². The first-order valence-electron chi connectivity index (χ1n) is 5.70. The van der Waals surface area contributed by atoms with Gasteiger partial charge in [0, 0.05) is 11.9 Å². The van der Waals surface area contributed by atoms with Crippen LogP contribution in [0.5, 0.6) is 0 Å². The van der Waals surface area contributed by atoms with Crippen molar-refractivity contribution in [2.75, 3.05) is 11.9 Å². The molecule has 0 bridgehead atoms. The number of rotatable bonds is 5. The Bertz CT molecular complexity index is 482. The Hall–Kier alpha value is -1.42. The van der Waals surface area contributed by atoms with Gasteiger partial charge in [0.1, 0.15) is 5.82 Å². The van der Waals surface area contributed by atoms with Crippen LogP contribution in [0.2, 0.25) is 0 Å². The number of aromatic nitrogens is 1. The van der Waals surface area contributed by atoms with Crippen LogP contribution in [-0.4, -0.2) is 11.5 Å². The van der Waals surface area contributed by atoms with E-state index in [-0.39, 0.29) is 5.82 Å². The van der Waals surface area contributed by atoms with Gasteiger partial charge in [-0.15, -0.1) is 11.3 Å².